The van der Waals surface area contributed by atoms with Crippen LogP contribution in [0.4, 0.5) is 5.69 Å². The van der Waals surface area contributed by atoms with Gasteiger partial charge in [0.1, 0.15) is 0 Å². The number of carbonyl (C=O) groups is 3. The average Bonchev–Trinajstić information content (AvgIpc) is 3.29. The first-order valence-electron chi connectivity index (χ1n) is 11.4. The number of carbonyl (C=O) groups excluding carboxylic acids is 3. The van der Waals surface area contributed by atoms with E-state index in [4.69, 9.17) is 11.6 Å². The van der Waals surface area contributed by atoms with Crippen molar-refractivity contribution in [2.45, 2.75) is 13.8 Å². The molecule has 1 saturated heterocycles. The second-order valence-electron chi connectivity index (χ2n) is 9.66. The van der Waals surface area contributed by atoms with Crippen LogP contribution in [0.25, 0.3) is 11.1 Å². The Balaban J connectivity index is 1.63. The summed E-state index contributed by atoms with van der Waals surface area (Å²) in [5.41, 5.74) is 1.71. The molecule has 2 aliphatic carbocycles. The van der Waals surface area contributed by atoms with Crippen molar-refractivity contribution in [3.63, 3.8) is 0 Å². The van der Waals surface area contributed by atoms with Crippen molar-refractivity contribution in [3.8, 4) is 0 Å². The first-order valence-corrected chi connectivity index (χ1v) is 11.7. The van der Waals surface area contributed by atoms with Crippen molar-refractivity contribution in [1.29, 1.82) is 0 Å². The number of amides is 2. The van der Waals surface area contributed by atoms with E-state index in [0.29, 0.717) is 10.7 Å². The van der Waals surface area contributed by atoms with Crippen LogP contribution < -0.4 is 4.90 Å². The van der Waals surface area contributed by atoms with Gasteiger partial charge in [-0.15, -0.1) is 0 Å². The van der Waals surface area contributed by atoms with E-state index < -0.39 is 22.7 Å². The molecular formula is C29H22ClNO3. The maximum absolute atomic E-state index is 14.2. The molecule has 0 N–H and O–H groups in total. The summed E-state index contributed by atoms with van der Waals surface area (Å²) in [6.07, 6.45) is 0. The third kappa shape index (κ3) is 2.41. The molecule has 1 heterocycles. The molecule has 1 saturated carbocycles. The lowest BCUT2D eigenvalue weighted by molar-refractivity contribution is -0.133. The van der Waals surface area contributed by atoms with E-state index in [-0.39, 0.29) is 17.6 Å². The van der Waals surface area contributed by atoms with Crippen molar-refractivity contribution < 1.29 is 14.4 Å². The summed E-state index contributed by atoms with van der Waals surface area (Å²) >= 11 is 6.18. The van der Waals surface area contributed by atoms with E-state index in [1.807, 2.05) is 74.5 Å². The lowest BCUT2D eigenvalue weighted by atomic mass is 9.63. The Labute approximate surface area is 202 Å². The van der Waals surface area contributed by atoms with Crippen LogP contribution in [-0.2, 0) is 14.4 Å². The Kier molecular flexibility index (Phi) is 4.34. The molecule has 6 rings (SSSR count). The normalized spacial score (nSPS) is 29.9. The van der Waals surface area contributed by atoms with Crippen LogP contribution in [-0.4, -0.2) is 17.6 Å². The third-order valence-electron chi connectivity index (χ3n) is 7.97. The molecule has 2 fully saturated rings. The fourth-order valence-corrected chi connectivity index (χ4v) is 6.86. The number of benzene rings is 3. The molecule has 3 aliphatic rings. The predicted molar refractivity (Wildman–Crippen MR) is 132 cm³/mol. The molecule has 4 atom stereocenters. The molecule has 0 radical (unpaired) electrons. The minimum atomic E-state index is -1.12. The van der Waals surface area contributed by atoms with Crippen LogP contribution in [0.5, 0.6) is 0 Å². The Morgan fingerprint density at radius 1 is 0.676 bits per heavy atom. The maximum Gasteiger partial charge on any atom is 0.239 e. The number of hydrogen-bond acceptors (Lipinski definition) is 3. The van der Waals surface area contributed by atoms with E-state index in [1.54, 1.807) is 24.3 Å². The number of allylic oxidation sites excluding steroid dienone is 2. The molecule has 0 spiro atoms. The second-order valence-corrected chi connectivity index (χ2v) is 10.1. The topological polar surface area (TPSA) is 54.5 Å². The van der Waals surface area contributed by atoms with Crippen molar-refractivity contribution >= 4 is 46.0 Å². The zero-order chi connectivity index (χ0) is 23.8. The number of imide groups is 1. The second kappa shape index (κ2) is 7.00. The first-order chi connectivity index (χ1) is 16.3. The molecule has 2 bridgehead atoms. The van der Waals surface area contributed by atoms with Gasteiger partial charge in [0.25, 0.3) is 0 Å². The van der Waals surface area contributed by atoms with Crippen molar-refractivity contribution in [2.75, 3.05) is 4.90 Å². The van der Waals surface area contributed by atoms with Gasteiger partial charge in [0.15, 0.2) is 5.78 Å². The Bertz CT molecular complexity index is 1330. The summed E-state index contributed by atoms with van der Waals surface area (Å²) in [5, 5.41) is 0.444. The molecule has 168 valence electrons. The van der Waals surface area contributed by atoms with E-state index in [2.05, 4.69) is 0 Å². The SMILES string of the molecule is C[C@]12C(=O)[C@](C)(C(c3ccccc3)=C1c1ccccc1)[C@H]1C(=O)N(c3cccc(Cl)c3)C(=O)[C@@H]12. The highest BCUT2D eigenvalue weighted by Crippen LogP contribution is 2.73. The lowest BCUT2D eigenvalue weighted by Crippen LogP contribution is -2.40. The molecule has 0 unspecified atom stereocenters. The number of Topliss-reactive ketones (excluding diaryl/α,β-unsaturated/α-hetero) is 1. The Morgan fingerprint density at radius 2 is 1.15 bits per heavy atom. The van der Waals surface area contributed by atoms with Gasteiger partial charge in [-0.05, 0) is 54.3 Å². The number of ketones is 1. The number of hydrogen-bond donors (Lipinski definition) is 0. The molecule has 0 aromatic heterocycles. The molecule has 3 aromatic carbocycles. The third-order valence-corrected chi connectivity index (χ3v) is 8.21. The van der Waals surface area contributed by atoms with Gasteiger partial charge in [0, 0.05) is 5.02 Å². The molecule has 4 nitrogen and oxygen atoms in total. The Morgan fingerprint density at radius 3 is 1.59 bits per heavy atom. The quantitative estimate of drug-likeness (QED) is 0.466. The van der Waals surface area contributed by atoms with Gasteiger partial charge < -0.3 is 0 Å². The molecule has 34 heavy (non-hydrogen) atoms. The first kappa shape index (κ1) is 21.1. The van der Waals surface area contributed by atoms with Gasteiger partial charge in [-0.3, -0.25) is 14.4 Å². The standard InChI is InChI=1S/C29H22ClNO3/c1-28-21(17-10-5-3-6-11-17)22(18-12-7-4-8-13-18)29(2,27(28)34)24-23(28)25(32)31(26(24)33)20-15-9-14-19(30)16-20/h3-16,23-24H,1-2H3/t23-,24-,28-,29+/m1/s1. The summed E-state index contributed by atoms with van der Waals surface area (Å²) in [7, 11) is 0. The number of nitrogens with zero attached hydrogens (tertiary/aromatic N) is 1. The van der Waals surface area contributed by atoms with Gasteiger partial charge >= 0.3 is 0 Å². The highest BCUT2D eigenvalue weighted by atomic mass is 35.5. The van der Waals surface area contributed by atoms with Gasteiger partial charge in [-0.25, -0.2) is 4.90 Å². The lowest BCUT2D eigenvalue weighted by Gasteiger charge is -2.35. The molecular weight excluding hydrogens is 446 g/mol. The zero-order valence-corrected chi connectivity index (χ0v) is 19.5. The van der Waals surface area contributed by atoms with Gasteiger partial charge in [0.05, 0.1) is 28.4 Å². The van der Waals surface area contributed by atoms with Crippen LogP contribution in [0.15, 0.2) is 84.9 Å². The Hall–Kier alpha value is -3.50. The number of fused-ring (bicyclic) bond motifs is 5. The summed E-state index contributed by atoms with van der Waals surface area (Å²) < 4.78 is 0. The van der Waals surface area contributed by atoms with Crippen molar-refractivity contribution in [3.05, 3.63) is 101 Å². The fraction of sp³-hybridized carbons (Fsp3) is 0.207. The summed E-state index contributed by atoms with van der Waals surface area (Å²) in [5.74, 6) is -2.26. The van der Waals surface area contributed by atoms with Crippen LogP contribution in [0.3, 0.4) is 0 Å². The van der Waals surface area contributed by atoms with E-state index in [1.165, 1.54) is 4.90 Å². The van der Waals surface area contributed by atoms with Crippen molar-refractivity contribution in [1.82, 2.24) is 0 Å². The number of halogens is 1. The van der Waals surface area contributed by atoms with Gasteiger partial charge in [-0.2, -0.15) is 0 Å². The number of anilines is 1. The monoisotopic (exact) mass is 467 g/mol. The summed E-state index contributed by atoms with van der Waals surface area (Å²) in [6.45, 7) is 3.70. The van der Waals surface area contributed by atoms with E-state index in [9.17, 15) is 14.4 Å². The number of rotatable bonds is 3. The highest BCUT2D eigenvalue weighted by Gasteiger charge is 2.78. The molecule has 1 aliphatic heterocycles. The largest absolute Gasteiger partial charge is 0.298 e. The minimum absolute atomic E-state index is 0.0554. The smallest absolute Gasteiger partial charge is 0.239 e. The average molecular weight is 468 g/mol. The summed E-state index contributed by atoms with van der Waals surface area (Å²) in [4.78, 5) is 43.2. The van der Waals surface area contributed by atoms with Crippen LogP contribution in [0.1, 0.15) is 25.0 Å². The van der Waals surface area contributed by atoms with Gasteiger partial charge in [0.2, 0.25) is 11.8 Å². The van der Waals surface area contributed by atoms with Crippen molar-refractivity contribution in [2.24, 2.45) is 22.7 Å². The van der Waals surface area contributed by atoms with E-state index in [0.717, 1.165) is 22.3 Å². The maximum atomic E-state index is 14.2. The van der Waals surface area contributed by atoms with Crippen LogP contribution in [0.2, 0.25) is 5.02 Å². The molecule has 2 amide bonds. The fourth-order valence-electron chi connectivity index (χ4n) is 6.68. The minimum Gasteiger partial charge on any atom is -0.298 e. The molecule has 3 aromatic rings. The predicted octanol–water partition coefficient (Wildman–Crippen LogP) is 5.67. The summed E-state index contributed by atoms with van der Waals surface area (Å²) in [6, 6.07) is 26.3. The zero-order valence-electron chi connectivity index (χ0n) is 18.8. The van der Waals surface area contributed by atoms with Crippen LogP contribution in [0, 0.1) is 22.7 Å². The van der Waals surface area contributed by atoms with E-state index >= 15 is 0 Å². The van der Waals surface area contributed by atoms with Gasteiger partial charge in [-0.1, -0.05) is 78.3 Å². The van der Waals surface area contributed by atoms with Crippen LogP contribution >= 0.6 is 11.6 Å². The highest BCUT2D eigenvalue weighted by molar-refractivity contribution is 6.35. The molecule has 5 heteroatoms.